The Balaban J connectivity index is 1.97. The van der Waals surface area contributed by atoms with Gasteiger partial charge in [0.25, 0.3) is 0 Å². The second-order valence-corrected chi connectivity index (χ2v) is 6.45. The summed E-state index contributed by atoms with van der Waals surface area (Å²) in [5.74, 6) is 0.0595. The Morgan fingerprint density at radius 3 is 2.29 bits per heavy atom. The summed E-state index contributed by atoms with van der Waals surface area (Å²) in [5.41, 5.74) is -1.73. The molecular formula is C14H22O3. The molecule has 96 valence electrons. The Bertz CT molecular complexity index is 332. The summed E-state index contributed by atoms with van der Waals surface area (Å²) >= 11 is 0. The maximum Gasteiger partial charge on any atom is 0.312 e. The van der Waals surface area contributed by atoms with Crippen LogP contribution in [-0.4, -0.2) is 21.8 Å². The van der Waals surface area contributed by atoms with Crippen molar-refractivity contribution in [3.05, 3.63) is 0 Å². The van der Waals surface area contributed by atoms with Crippen molar-refractivity contribution < 1.29 is 15.0 Å². The molecule has 3 heteroatoms. The minimum Gasteiger partial charge on any atom is -0.481 e. The number of carboxylic acid groups (broad SMARTS) is 1. The van der Waals surface area contributed by atoms with Gasteiger partial charge in [-0.1, -0.05) is 25.7 Å². The molecule has 0 aromatic heterocycles. The van der Waals surface area contributed by atoms with Crippen LogP contribution in [-0.2, 0) is 4.79 Å². The van der Waals surface area contributed by atoms with E-state index in [2.05, 4.69) is 0 Å². The van der Waals surface area contributed by atoms with E-state index in [1.165, 1.54) is 6.42 Å². The second kappa shape index (κ2) is 3.71. The quantitative estimate of drug-likeness (QED) is 0.777. The SMILES string of the molecule is O=C(O)C1(C2(O)CCCCC2)CC2CCC1C2. The van der Waals surface area contributed by atoms with E-state index in [1.54, 1.807) is 0 Å². The predicted molar refractivity (Wildman–Crippen MR) is 63.6 cm³/mol. The van der Waals surface area contributed by atoms with Gasteiger partial charge in [0, 0.05) is 0 Å². The average molecular weight is 238 g/mol. The highest BCUT2D eigenvalue weighted by Gasteiger charge is 2.65. The van der Waals surface area contributed by atoms with Gasteiger partial charge in [0.15, 0.2) is 0 Å². The molecule has 0 aromatic rings. The van der Waals surface area contributed by atoms with Crippen LogP contribution in [0, 0.1) is 17.3 Å². The molecule has 3 aliphatic rings. The van der Waals surface area contributed by atoms with Gasteiger partial charge in [-0.3, -0.25) is 4.79 Å². The molecule has 3 rings (SSSR count). The molecule has 3 unspecified atom stereocenters. The Morgan fingerprint density at radius 1 is 1.12 bits per heavy atom. The van der Waals surface area contributed by atoms with Crippen LogP contribution in [0.25, 0.3) is 0 Å². The van der Waals surface area contributed by atoms with E-state index in [0.717, 1.165) is 38.5 Å². The molecule has 0 saturated heterocycles. The van der Waals surface area contributed by atoms with Crippen molar-refractivity contribution in [2.24, 2.45) is 17.3 Å². The van der Waals surface area contributed by atoms with Crippen molar-refractivity contribution in [1.29, 1.82) is 0 Å². The smallest absolute Gasteiger partial charge is 0.312 e. The summed E-state index contributed by atoms with van der Waals surface area (Å²) in [6.07, 6.45) is 8.47. The van der Waals surface area contributed by atoms with Crippen molar-refractivity contribution in [3.8, 4) is 0 Å². The fourth-order valence-electron chi connectivity index (χ4n) is 4.94. The summed E-state index contributed by atoms with van der Waals surface area (Å²) in [6, 6.07) is 0. The number of rotatable bonds is 2. The van der Waals surface area contributed by atoms with Gasteiger partial charge in [-0.15, -0.1) is 0 Å². The molecular weight excluding hydrogens is 216 g/mol. The molecule has 3 aliphatic carbocycles. The number of fused-ring (bicyclic) bond motifs is 2. The third-order valence-corrected chi connectivity index (χ3v) is 5.74. The molecule has 2 N–H and O–H groups in total. The number of hydrogen-bond acceptors (Lipinski definition) is 2. The molecule has 0 aromatic carbocycles. The first kappa shape index (κ1) is 11.5. The highest BCUT2D eigenvalue weighted by Crippen LogP contribution is 2.63. The minimum atomic E-state index is -0.920. The fraction of sp³-hybridized carbons (Fsp3) is 0.929. The van der Waals surface area contributed by atoms with Gasteiger partial charge in [-0.2, -0.15) is 0 Å². The molecule has 17 heavy (non-hydrogen) atoms. The topological polar surface area (TPSA) is 57.5 Å². The second-order valence-electron chi connectivity index (χ2n) is 6.45. The van der Waals surface area contributed by atoms with Crippen LogP contribution in [0.2, 0.25) is 0 Å². The molecule has 2 bridgehead atoms. The average Bonchev–Trinajstić information content (AvgIpc) is 2.90. The molecule has 0 aliphatic heterocycles. The third-order valence-electron chi connectivity index (χ3n) is 5.74. The lowest BCUT2D eigenvalue weighted by Gasteiger charge is -2.49. The van der Waals surface area contributed by atoms with E-state index in [1.807, 2.05) is 0 Å². The third kappa shape index (κ3) is 1.41. The van der Waals surface area contributed by atoms with Gasteiger partial charge in [0.1, 0.15) is 0 Å². The molecule has 0 radical (unpaired) electrons. The normalized spacial score (nSPS) is 43.8. The zero-order valence-corrected chi connectivity index (χ0v) is 10.3. The Labute approximate surface area is 102 Å². The highest BCUT2D eigenvalue weighted by molar-refractivity contribution is 5.77. The number of carbonyl (C=O) groups is 1. The van der Waals surface area contributed by atoms with Gasteiger partial charge in [-0.25, -0.2) is 0 Å². The van der Waals surface area contributed by atoms with Crippen molar-refractivity contribution >= 4 is 5.97 Å². The molecule has 3 saturated carbocycles. The maximum absolute atomic E-state index is 11.9. The van der Waals surface area contributed by atoms with E-state index in [0.29, 0.717) is 18.8 Å². The highest BCUT2D eigenvalue weighted by atomic mass is 16.4. The number of carboxylic acids is 1. The maximum atomic E-state index is 11.9. The van der Waals surface area contributed by atoms with Crippen LogP contribution in [0.4, 0.5) is 0 Å². The van der Waals surface area contributed by atoms with E-state index in [9.17, 15) is 15.0 Å². The zero-order valence-electron chi connectivity index (χ0n) is 10.3. The van der Waals surface area contributed by atoms with E-state index >= 15 is 0 Å². The van der Waals surface area contributed by atoms with Crippen molar-refractivity contribution in [2.75, 3.05) is 0 Å². The molecule has 3 nitrogen and oxygen atoms in total. The van der Waals surface area contributed by atoms with Crippen LogP contribution >= 0.6 is 0 Å². The van der Waals surface area contributed by atoms with Gasteiger partial charge < -0.3 is 10.2 Å². The predicted octanol–water partition coefficient (Wildman–Crippen LogP) is 2.57. The first-order valence-electron chi connectivity index (χ1n) is 7.04. The molecule has 3 fully saturated rings. The lowest BCUT2D eigenvalue weighted by Crippen LogP contribution is -2.57. The fourth-order valence-corrected chi connectivity index (χ4v) is 4.94. The molecule has 0 spiro atoms. The lowest BCUT2D eigenvalue weighted by molar-refractivity contribution is -0.185. The first-order chi connectivity index (χ1) is 8.08. The Morgan fingerprint density at radius 2 is 1.82 bits per heavy atom. The Hall–Kier alpha value is -0.570. The van der Waals surface area contributed by atoms with Crippen LogP contribution in [0.3, 0.4) is 0 Å². The van der Waals surface area contributed by atoms with Crippen LogP contribution in [0.5, 0.6) is 0 Å². The lowest BCUT2D eigenvalue weighted by atomic mass is 9.58. The van der Waals surface area contributed by atoms with Gasteiger partial charge in [-0.05, 0) is 43.9 Å². The van der Waals surface area contributed by atoms with Crippen LogP contribution in [0.1, 0.15) is 57.8 Å². The first-order valence-corrected chi connectivity index (χ1v) is 7.04. The monoisotopic (exact) mass is 238 g/mol. The van der Waals surface area contributed by atoms with Crippen molar-refractivity contribution in [2.45, 2.75) is 63.4 Å². The summed E-state index contributed by atoms with van der Waals surface area (Å²) < 4.78 is 0. The number of hydrogen-bond donors (Lipinski definition) is 2. The summed E-state index contributed by atoms with van der Waals surface area (Å²) in [6.45, 7) is 0. The molecule has 0 heterocycles. The molecule has 3 atom stereocenters. The largest absolute Gasteiger partial charge is 0.481 e. The van der Waals surface area contributed by atoms with Gasteiger partial charge in [0.2, 0.25) is 0 Å². The zero-order chi connectivity index (χ0) is 12.1. The van der Waals surface area contributed by atoms with E-state index in [4.69, 9.17) is 0 Å². The van der Waals surface area contributed by atoms with Crippen molar-refractivity contribution in [1.82, 2.24) is 0 Å². The van der Waals surface area contributed by atoms with E-state index < -0.39 is 17.0 Å². The summed E-state index contributed by atoms with van der Waals surface area (Å²) in [5, 5.41) is 20.7. The minimum absolute atomic E-state index is 0.230. The summed E-state index contributed by atoms with van der Waals surface area (Å²) in [4.78, 5) is 11.9. The number of aliphatic carboxylic acids is 1. The standard InChI is InChI=1S/C14H22O3/c15-12(16)14(9-10-4-5-11(14)8-10)13(17)6-2-1-3-7-13/h10-11,17H,1-9H2,(H,15,16). The van der Waals surface area contributed by atoms with Gasteiger partial charge in [0.05, 0.1) is 11.0 Å². The van der Waals surface area contributed by atoms with Crippen LogP contribution < -0.4 is 0 Å². The van der Waals surface area contributed by atoms with Crippen LogP contribution in [0.15, 0.2) is 0 Å². The number of aliphatic hydroxyl groups is 1. The summed E-state index contributed by atoms with van der Waals surface area (Å²) in [7, 11) is 0. The van der Waals surface area contributed by atoms with E-state index in [-0.39, 0.29) is 5.92 Å². The Kier molecular flexibility index (Phi) is 2.51. The van der Waals surface area contributed by atoms with Gasteiger partial charge >= 0.3 is 5.97 Å². The molecule has 0 amide bonds. The van der Waals surface area contributed by atoms with Crippen molar-refractivity contribution in [3.63, 3.8) is 0 Å².